The third-order valence-electron chi connectivity index (χ3n) is 2.14. The van der Waals surface area contributed by atoms with Crippen molar-refractivity contribution in [2.45, 2.75) is 24.5 Å². The van der Waals surface area contributed by atoms with Gasteiger partial charge >= 0.3 is 0 Å². The van der Waals surface area contributed by atoms with Gasteiger partial charge in [-0.25, -0.2) is 13.1 Å². The molecular formula is C11H16N2O3S. The van der Waals surface area contributed by atoms with Crippen molar-refractivity contribution in [3.05, 3.63) is 17.9 Å². The lowest BCUT2D eigenvalue weighted by molar-refractivity contribution is 0.400. The summed E-state index contributed by atoms with van der Waals surface area (Å²) >= 11 is 0. The van der Waals surface area contributed by atoms with Crippen molar-refractivity contribution in [2.75, 3.05) is 13.6 Å². The molecule has 1 aromatic heterocycles. The van der Waals surface area contributed by atoms with Gasteiger partial charge in [0.25, 0.3) is 10.0 Å². The van der Waals surface area contributed by atoms with Crippen molar-refractivity contribution in [1.82, 2.24) is 10.0 Å². The highest BCUT2D eigenvalue weighted by Crippen LogP contribution is 2.12. The van der Waals surface area contributed by atoms with Crippen LogP contribution in [0.25, 0.3) is 0 Å². The molecule has 0 amide bonds. The van der Waals surface area contributed by atoms with Gasteiger partial charge in [-0.3, -0.25) is 0 Å². The van der Waals surface area contributed by atoms with E-state index in [4.69, 9.17) is 10.8 Å². The zero-order valence-electron chi connectivity index (χ0n) is 9.69. The van der Waals surface area contributed by atoms with Crippen LogP contribution in [0.1, 0.15) is 18.6 Å². The Morgan fingerprint density at radius 3 is 2.88 bits per heavy atom. The molecule has 0 fully saturated rings. The summed E-state index contributed by atoms with van der Waals surface area (Å²) in [4.78, 5) is 0. The van der Waals surface area contributed by atoms with Crippen molar-refractivity contribution >= 4 is 10.0 Å². The van der Waals surface area contributed by atoms with Crippen molar-refractivity contribution < 1.29 is 12.8 Å². The number of hydrogen-bond acceptors (Lipinski definition) is 4. The third kappa shape index (κ3) is 4.23. The van der Waals surface area contributed by atoms with E-state index in [9.17, 15) is 8.42 Å². The summed E-state index contributed by atoms with van der Waals surface area (Å²) in [6.45, 7) is 1.27. The Hall–Kier alpha value is -1.29. The summed E-state index contributed by atoms with van der Waals surface area (Å²) in [6.07, 6.45) is 6.73. The molecule has 0 spiro atoms. The van der Waals surface area contributed by atoms with Gasteiger partial charge in [-0.2, -0.15) is 0 Å². The fourth-order valence-corrected chi connectivity index (χ4v) is 1.89. The van der Waals surface area contributed by atoms with E-state index >= 15 is 0 Å². The Morgan fingerprint density at radius 2 is 2.24 bits per heavy atom. The second-order valence-electron chi connectivity index (χ2n) is 3.41. The average molecular weight is 256 g/mol. The molecule has 1 heterocycles. The molecule has 0 aliphatic rings. The first kappa shape index (κ1) is 13.8. The molecule has 0 unspecified atom stereocenters. The monoisotopic (exact) mass is 256 g/mol. The molecule has 6 heteroatoms. The molecule has 0 saturated heterocycles. The molecule has 0 saturated carbocycles. The number of rotatable bonds is 7. The predicted molar refractivity (Wildman–Crippen MR) is 64.7 cm³/mol. The van der Waals surface area contributed by atoms with Crippen LogP contribution in [0.4, 0.5) is 0 Å². The molecule has 5 nitrogen and oxygen atoms in total. The summed E-state index contributed by atoms with van der Waals surface area (Å²) in [7, 11) is -2.14. The number of hydrogen-bond donors (Lipinski definition) is 2. The standard InChI is InChI=1S/C11H16N2O3S/c1-3-4-5-8-13-9-10-6-7-11(16-10)17(14,15)12-2/h1,6-7,12-13H,4-5,8-9H2,2H3. The average Bonchev–Trinajstić information content (AvgIpc) is 2.78. The highest BCUT2D eigenvalue weighted by atomic mass is 32.2. The zero-order chi connectivity index (χ0) is 12.7. The third-order valence-corrected chi connectivity index (χ3v) is 3.43. The van der Waals surface area contributed by atoms with Gasteiger partial charge in [-0.15, -0.1) is 12.3 Å². The minimum Gasteiger partial charge on any atom is -0.447 e. The van der Waals surface area contributed by atoms with Crippen molar-refractivity contribution in [3.63, 3.8) is 0 Å². The van der Waals surface area contributed by atoms with Crippen LogP contribution in [0, 0.1) is 12.3 Å². The predicted octanol–water partition coefficient (Wildman–Crippen LogP) is 0.691. The van der Waals surface area contributed by atoms with E-state index in [1.54, 1.807) is 6.07 Å². The number of sulfonamides is 1. The number of unbranched alkanes of at least 4 members (excludes halogenated alkanes) is 1. The molecule has 0 aliphatic heterocycles. The highest BCUT2D eigenvalue weighted by molar-refractivity contribution is 7.89. The van der Waals surface area contributed by atoms with Crippen LogP contribution < -0.4 is 10.0 Å². The van der Waals surface area contributed by atoms with Crippen molar-refractivity contribution in [3.8, 4) is 12.3 Å². The molecule has 0 radical (unpaired) electrons. The minimum absolute atomic E-state index is 0.0691. The lowest BCUT2D eigenvalue weighted by atomic mass is 10.3. The largest absolute Gasteiger partial charge is 0.447 e. The smallest absolute Gasteiger partial charge is 0.273 e. The normalized spacial score (nSPS) is 11.3. The van der Waals surface area contributed by atoms with Gasteiger partial charge in [0.2, 0.25) is 5.09 Å². The van der Waals surface area contributed by atoms with Gasteiger partial charge in [0.05, 0.1) is 6.54 Å². The van der Waals surface area contributed by atoms with E-state index in [-0.39, 0.29) is 5.09 Å². The summed E-state index contributed by atoms with van der Waals surface area (Å²) in [5.41, 5.74) is 0. The summed E-state index contributed by atoms with van der Waals surface area (Å²) < 4.78 is 30.1. The second-order valence-corrected chi connectivity index (χ2v) is 5.23. The summed E-state index contributed by atoms with van der Waals surface area (Å²) in [5.74, 6) is 3.13. The summed E-state index contributed by atoms with van der Waals surface area (Å²) in [5, 5.41) is 3.05. The van der Waals surface area contributed by atoms with Crippen LogP contribution in [0.15, 0.2) is 21.6 Å². The molecule has 1 aromatic rings. The fourth-order valence-electron chi connectivity index (χ4n) is 1.23. The molecular weight excluding hydrogens is 240 g/mol. The first-order valence-electron chi connectivity index (χ1n) is 5.26. The van der Waals surface area contributed by atoms with Crippen LogP contribution in [-0.4, -0.2) is 22.0 Å². The van der Waals surface area contributed by atoms with E-state index < -0.39 is 10.0 Å². The maximum Gasteiger partial charge on any atom is 0.273 e. The Labute approximate surface area is 102 Å². The zero-order valence-corrected chi connectivity index (χ0v) is 10.5. The Kier molecular flexibility index (Phi) is 5.22. The molecule has 0 atom stereocenters. The number of terminal acetylenes is 1. The lowest BCUT2D eigenvalue weighted by Gasteiger charge is -2.00. The molecule has 0 aromatic carbocycles. The lowest BCUT2D eigenvalue weighted by Crippen LogP contribution is -2.18. The van der Waals surface area contributed by atoms with Gasteiger partial charge in [0.1, 0.15) is 5.76 Å². The van der Waals surface area contributed by atoms with Gasteiger partial charge in [0.15, 0.2) is 0 Å². The minimum atomic E-state index is -3.49. The maximum absolute atomic E-state index is 11.4. The van der Waals surface area contributed by atoms with E-state index in [0.717, 1.165) is 19.4 Å². The SMILES string of the molecule is C#CCCCNCc1ccc(S(=O)(=O)NC)o1. The molecule has 1 rings (SSSR count). The van der Waals surface area contributed by atoms with Crippen LogP contribution in [0.5, 0.6) is 0 Å². The Balaban J connectivity index is 2.45. The van der Waals surface area contributed by atoms with E-state index in [2.05, 4.69) is 16.0 Å². The maximum atomic E-state index is 11.4. The van der Waals surface area contributed by atoms with Crippen LogP contribution in [-0.2, 0) is 16.6 Å². The van der Waals surface area contributed by atoms with Crippen LogP contribution in [0.3, 0.4) is 0 Å². The van der Waals surface area contributed by atoms with Crippen LogP contribution >= 0.6 is 0 Å². The van der Waals surface area contributed by atoms with Gasteiger partial charge < -0.3 is 9.73 Å². The highest BCUT2D eigenvalue weighted by Gasteiger charge is 2.15. The fraction of sp³-hybridized carbons (Fsp3) is 0.455. The summed E-state index contributed by atoms with van der Waals surface area (Å²) in [6, 6.07) is 3.07. The molecule has 94 valence electrons. The van der Waals surface area contributed by atoms with Gasteiger partial charge in [0, 0.05) is 6.42 Å². The first-order chi connectivity index (χ1) is 8.10. The quantitative estimate of drug-likeness (QED) is 0.556. The molecule has 0 bridgehead atoms. The molecule has 2 N–H and O–H groups in total. The van der Waals surface area contributed by atoms with E-state index in [0.29, 0.717) is 12.3 Å². The van der Waals surface area contributed by atoms with Crippen molar-refractivity contribution in [1.29, 1.82) is 0 Å². The number of furan rings is 1. The number of nitrogens with one attached hydrogen (secondary N) is 2. The molecule has 17 heavy (non-hydrogen) atoms. The first-order valence-corrected chi connectivity index (χ1v) is 6.75. The van der Waals surface area contributed by atoms with E-state index in [1.165, 1.54) is 13.1 Å². The molecule has 0 aliphatic carbocycles. The second kappa shape index (κ2) is 6.45. The Morgan fingerprint density at radius 1 is 1.47 bits per heavy atom. The Bertz CT molecular complexity index is 485. The van der Waals surface area contributed by atoms with Gasteiger partial charge in [-0.1, -0.05) is 0 Å². The van der Waals surface area contributed by atoms with Crippen LogP contribution in [0.2, 0.25) is 0 Å². The van der Waals surface area contributed by atoms with Gasteiger partial charge in [-0.05, 0) is 32.1 Å². The van der Waals surface area contributed by atoms with Crippen molar-refractivity contribution in [2.24, 2.45) is 0 Å². The van der Waals surface area contributed by atoms with E-state index in [1.807, 2.05) is 0 Å². The topological polar surface area (TPSA) is 71.3 Å².